The van der Waals surface area contributed by atoms with Crippen LogP contribution in [0.2, 0.25) is 0 Å². The van der Waals surface area contributed by atoms with E-state index >= 15 is 0 Å². The summed E-state index contributed by atoms with van der Waals surface area (Å²) < 4.78 is 43.0. The number of nitrogens with zero attached hydrogens (tertiary/aromatic N) is 2. The van der Waals surface area contributed by atoms with Crippen molar-refractivity contribution in [2.24, 2.45) is 0 Å². The lowest BCUT2D eigenvalue weighted by Crippen LogP contribution is -2.43. The van der Waals surface area contributed by atoms with Crippen molar-refractivity contribution in [3.63, 3.8) is 0 Å². The minimum absolute atomic E-state index is 0.101. The van der Waals surface area contributed by atoms with Crippen LogP contribution in [0.3, 0.4) is 0 Å². The number of Topliss-reactive ketones (excluding diaryl/α,β-unsaturated/α-hetero) is 1. The summed E-state index contributed by atoms with van der Waals surface area (Å²) in [4.78, 5) is 26.9. The lowest BCUT2D eigenvalue weighted by Gasteiger charge is -2.40. The van der Waals surface area contributed by atoms with Crippen molar-refractivity contribution in [3.05, 3.63) is 107 Å². The number of hydrogen-bond donors (Lipinski definition) is 0. The fourth-order valence-electron chi connectivity index (χ4n) is 5.39. The van der Waals surface area contributed by atoms with E-state index in [-0.39, 0.29) is 22.7 Å². The van der Waals surface area contributed by atoms with Gasteiger partial charge in [0.1, 0.15) is 17.5 Å². The first-order chi connectivity index (χ1) is 19.4. The number of aryl methyl sites for hydroxylation is 1. The van der Waals surface area contributed by atoms with E-state index in [2.05, 4.69) is 0 Å². The quantitative estimate of drug-likeness (QED) is 0.283. The highest BCUT2D eigenvalue weighted by molar-refractivity contribution is 7.89. The van der Waals surface area contributed by atoms with Crippen LogP contribution in [0.15, 0.2) is 95.7 Å². The zero-order chi connectivity index (χ0) is 29.1. The Bertz CT molecular complexity index is 1830. The third kappa shape index (κ3) is 4.70. The van der Waals surface area contributed by atoms with Gasteiger partial charge in [-0.05, 0) is 58.0 Å². The van der Waals surface area contributed by atoms with Crippen molar-refractivity contribution in [1.29, 1.82) is 0 Å². The van der Waals surface area contributed by atoms with Gasteiger partial charge in [-0.3, -0.25) is 13.7 Å². The van der Waals surface area contributed by atoms with Crippen molar-refractivity contribution in [2.75, 3.05) is 0 Å². The summed E-state index contributed by atoms with van der Waals surface area (Å²) in [5.74, 6) is 0.194. The fourth-order valence-corrected chi connectivity index (χ4v) is 6.90. The number of benzene rings is 3. The van der Waals surface area contributed by atoms with Crippen molar-refractivity contribution in [1.82, 2.24) is 8.87 Å². The first kappa shape index (κ1) is 26.8. The van der Waals surface area contributed by atoms with Crippen LogP contribution in [0.4, 0.5) is 4.79 Å². The molecule has 3 heterocycles. The lowest BCUT2D eigenvalue weighted by atomic mass is 9.87. The lowest BCUT2D eigenvalue weighted by molar-refractivity contribution is 0.0544. The number of rotatable bonds is 3. The Morgan fingerprint density at radius 3 is 2.39 bits per heavy atom. The molecule has 2 atom stereocenters. The van der Waals surface area contributed by atoms with E-state index in [0.717, 1.165) is 5.56 Å². The van der Waals surface area contributed by atoms with E-state index in [1.807, 2.05) is 25.1 Å². The average Bonchev–Trinajstić information content (AvgIpc) is 3.32. The molecule has 41 heavy (non-hydrogen) atoms. The highest BCUT2D eigenvalue weighted by atomic mass is 32.2. The number of para-hydroxylation sites is 2. The molecule has 0 amide bonds. The van der Waals surface area contributed by atoms with Crippen LogP contribution < -0.4 is 4.74 Å². The third-order valence-electron chi connectivity index (χ3n) is 7.31. The smallest absolute Gasteiger partial charge is 0.419 e. The van der Waals surface area contributed by atoms with Crippen LogP contribution in [-0.4, -0.2) is 40.9 Å². The largest absolute Gasteiger partial charge is 0.485 e. The Labute approximate surface area is 238 Å². The number of ketones is 1. The monoisotopic (exact) mass is 570 g/mol. The van der Waals surface area contributed by atoms with Gasteiger partial charge in [0.2, 0.25) is 0 Å². The molecule has 0 unspecified atom stereocenters. The molecule has 0 bridgehead atoms. The maximum Gasteiger partial charge on any atom is 0.419 e. The predicted molar refractivity (Wildman–Crippen MR) is 154 cm³/mol. The molecule has 0 saturated carbocycles. The Morgan fingerprint density at radius 1 is 0.976 bits per heavy atom. The topological polar surface area (TPSA) is 94.9 Å². The van der Waals surface area contributed by atoms with E-state index in [9.17, 15) is 18.0 Å². The third-order valence-corrected chi connectivity index (χ3v) is 9.09. The second kappa shape index (κ2) is 9.62. The van der Waals surface area contributed by atoms with Crippen LogP contribution in [-0.2, 0) is 14.8 Å². The molecule has 0 N–H and O–H groups in total. The molecule has 2 aliphatic heterocycles. The van der Waals surface area contributed by atoms with E-state index in [4.69, 9.17) is 9.47 Å². The summed E-state index contributed by atoms with van der Waals surface area (Å²) in [6, 6.07) is 20.1. The summed E-state index contributed by atoms with van der Waals surface area (Å²) in [5.41, 5.74) is 2.05. The zero-order valence-corrected chi connectivity index (χ0v) is 24.0. The van der Waals surface area contributed by atoms with Gasteiger partial charge in [-0.15, -0.1) is 0 Å². The summed E-state index contributed by atoms with van der Waals surface area (Å²) in [7, 11) is -4.11. The molecule has 1 aromatic heterocycles. The van der Waals surface area contributed by atoms with Gasteiger partial charge in [-0.2, -0.15) is 0 Å². The van der Waals surface area contributed by atoms with Crippen molar-refractivity contribution in [2.45, 2.75) is 56.8 Å². The average molecular weight is 571 g/mol. The van der Waals surface area contributed by atoms with Crippen molar-refractivity contribution in [3.8, 4) is 5.75 Å². The standard InChI is InChI=1S/C32H30N2O6S/c1-20-13-15-21(16-14-20)41(37,38)34-19-25-29(39-28-12-8-6-10-23(28)30(25)35)17-27(34)24-18-33(31(36)40-32(2,3)4)26-11-7-5-9-22(24)26/h5-16,18-19,27,29H,17H2,1-4H3/t27-,29-/m1/s1. The molecule has 0 aliphatic carbocycles. The normalized spacial score (nSPS) is 18.8. The molecule has 0 spiro atoms. The Morgan fingerprint density at radius 2 is 1.66 bits per heavy atom. The molecule has 210 valence electrons. The van der Waals surface area contributed by atoms with E-state index in [0.29, 0.717) is 27.8 Å². The molecule has 2 aliphatic rings. The van der Waals surface area contributed by atoms with E-state index < -0.39 is 33.9 Å². The maximum atomic E-state index is 14.2. The Hall–Kier alpha value is -4.37. The molecule has 0 saturated heterocycles. The molecule has 4 aromatic rings. The van der Waals surface area contributed by atoms with Crippen molar-refractivity contribution < 1.29 is 27.5 Å². The molecule has 3 aromatic carbocycles. The van der Waals surface area contributed by atoms with Crippen molar-refractivity contribution >= 4 is 32.8 Å². The highest BCUT2D eigenvalue weighted by Crippen LogP contribution is 2.44. The van der Waals surface area contributed by atoms with E-state index in [1.54, 1.807) is 81.6 Å². The molecule has 0 fully saturated rings. The second-order valence-corrected chi connectivity index (χ2v) is 13.2. The molecule has 8 nitrogen and oxygen atoms in total. The second-order valence-electron chi connectivity index (χ2n) is 11.4. The zero-order valence-electron chi connectivity index (χ0n) is 23.2. The summed E-state index contributed by atoms with van der Waals surface area (Å²) in [6.45, 7) is 7.25. The Balaban J connectivity index is 1.54. The van der Waals surface area contributed by atoms with Gasteiger partial charge in [-0.1, -0.05) is 48.0 Å². The predicted octanol–water partition coefficient (Wildman–Crippen LogP) is 6.40. The summed E-state index contributed by atoms with van der Waals surface area (Å²) >= 11 is 0. The maximum absolute atomic E-state index is 14.2. The summed E-state index contributed by atoms with van der Waals surface area (Å²) in [6.07, 6.45) is 1.97. The highest BCUT2D eigenvalue weighted by Gasteiger charge is 2.44. The first-order valence-corrected chi connectivity index (χ1v) is 14.8. The number of carbonyl (C=O) groups excluding carboxylic acids is 2. The van der Waals surface area contributed by atoms with Crippen LogP contribution in [0, 0.1) is 6.92 Å². The number of hydrogen-bond acceptors (Lipinski definition) is 6. The number of fused-ring (bicyclic) bond motifs is 3. The van der Waals surface area contributed by atoms with Gasteiger partial charge >= 0.3 is 6.09 Å². The molecule has 6 rings (SSSR count). The van der Waals surface area contributed by atoms with Gasteiger partial charge in [0.25, 0.3) is 10.0 Å². The number of ether oxygens (including phenoxy) is 2. The van der Waals surface area contributed by atoms with Gasteiger partial charge in [0.05, 0.1) is 27.6 Å². The first-order valence-electron chi connectivity index (χ1n) is 13.4. The Kier molecular flexibility index (Phi) is 6.30. The molecule has 0 radical (unpaired) electrons. The molecular formula is C32H30N2O6S. The van der Waals surface area contributed by atoms with Crippen LogP contribution >= 0.6 is 0 Å². The van der Waals surface area contributed by atoms with Crippen LogP contribution in [0.5, 0.6) is 5.75 Å². The minimum Gasteiger partial charge on any atom is -0.485 e. The van der Waals surface area contributed by atoms with Gasteiger partial charge < -0.3 is 9.47 Å². The minimum atomic E-state index is -4.11. The van der Waals surface area contributed by atoms with Crippen LogP contribution in [0.25, 0.3) is 10.9 Å². The summed E-state index contributed by atoms with van der Waals surface area (Å²) in [5, 5.41) is 0.701. The van der Waals surface area contributed by atoms with E-state index in [1.165, 1.54) is 15.1 Å². The fraction of sp³-hybridized carbons (Fsp3) is 0.250. The number of sulfonamides is 1. The van der Waals surface area contributed by atoms with Crippen LogP contribution in [0.1, 0.15) is 54.7 Å². The number of carbonyl (C=O) groups is 2. The van der Waals surface area contributed by atoms with Gasteiger partial charge in [0, 0.05) is 29.8 Å². The molecular weight excluding hydrogens is 540 g/mol. The SMILES string of the molecule is Cc1ccc(S(=O)(=O)N2C=C3C(=O)c4ccccc4O[C@@H]3C[C@@H]2c2cn(C(=O)OC(C)(C)C)c3ccccc23)cc1. The number of aromatic nitrogens is 1. The van der Waals surface area contributed by atoms with Gasteiger partial charge in [0.15, 0.2) is 5.78 Å². The molecule has 9 heteroatoms. The van der Waals surface area contributed by atoms with Gasteiger partial charge in [-0.25, -0.2) is 13.2 Å².